The lowest BCUT2D eigenvalue weighted by molar-refractivity contribution is -0.143. The van der Waals surface area contributed by atoms with E-state index in [1.807, 2.05) is 37.3 Å². The van der Waals surface area contributed by atoms with Gasteiger partial charge in [0.1, 0.15) is 0 Å². The van der Waals surface area contributed by atoms with E-state index in [1.54, 1.807) is 4.90 Å². The molecule has 6 nitrogen and oxygen atoms in total. The maximum Gasteiger partial charge on any atom is 0.321 e. The van der Waals surface area contributed by atoms with E-state index in [0.29, 0.717) is 31.6 Å². The number of carboxylic acid groups (broad SMARTS) is 1. The maximum absolute atomic E-state index is 12.4. The first-order chi connectivity index (χ1) is 11.0. The average molecular weight is 313 g/mol. The number of hydrogen-bond acceptors (Lipinski definition) is 3. The number of piperidine rings is 1. The van der Waals surface area contributed by atoms with Crippen molar-refractivity contribution in [3.63, 3.8) is 0 Å². The third-order valence-electron chi connectivity index (χ3n) is 4.23. The van der Waals surface area contributed by atoms with Crippen molar-refractivity contribution in [2.45, 2.75) is 19.8 Å². The van der Waals surface area contributed by atoms with Gasteiger partial charge in [-0.1, -0.05) is 18.2 Å². The fraction of sp³-hybridized carbons (Fsp3) is 0.353. The molecule has 0 bridgehead atoms. The summed E-state index contributed by atoms with van der Waals surface area (Å²) in [7, 11) is 0. The lowest BCUT2D eigenvalue weighted by atomic mass is 9.97. The highest BCUT2D eigenvalue weighted by Crippen LogP contribution is 2.23. The van der Waals surface area contributed by atoms with Gasteiger partial charge in [0.15, 0.2) is 0 Å². The molecule has 1 aliphatic heterocycles. The molecule has 2 heterocycles. The number of likely N-dealkylation sites (tertiary alicyclic amines) is 1. The number of hydrogen-bond donors (Lipinski definition) is 2. The Kier molecular flexibility index (Phi) is 4.14. The lowest BCUT2D eigenvalue weighted by Crippen LogP contribution is -2.42. The number of nitrogens with zero attached hydrogens (tertiary/aromatic N) is 2. The third kappa shape index (κ3) is 3.26. The van der Waals surface area contributed by atoms with Crippen LogP contribution in [0.2, 0.25) is 0 Å². The second-order valence-electron chi connectivity index (χ2n) is 5.86. The van der Waals surface area contributed by atoms with Crippen molar-refractivity contribution in [2.24, 2.45) is 5.92 Å². The summed E-state index contributed by atoms with van der Waals surface area (Å²) in [5, 5.41) is 12.9. The lowest BCUT2D eigenvalue weighted by Gasteiger charge is -2.30. The van der Waals surface area contributed by atoms with Gasteiger partial charge in [0.25, 0.3) is 0 Å². The number of para-hydroxylation sites is 1. The number of aromatic nitrogens is 1. The molecule has 1 saturated heterocycles. The first-order valence-electron chi connectivity index (χ1n) is 7.70. The fourth-order valence-electron chi connectivity index (χ4n) is 2.87. The molecule has 0 aliphatic carbocycles. The topological polar surface area (TPSA) is 82.5 Å². The molecule has 0 atom stereocenters. The zero-order valence-corrected chi connectivity index (χ0v) is 13.0. The maximum atomic E-state index is 12.4. The SMILES string of the molecule is Cc1ccc2cccc(NC(=O)N3CCC(C(=O)O)CC3)c2n1. The van der Waals surface area contributed by atoms with E-state index < -0.39 is 5.97 Å². The van der Waals surface area contributed by atoms with Crippen LogP contribution in [0.15, 0.2) is 30.3 Å². The fourth-order valence-corrected chi connectivity index (χ4v) is 2.87. The highest BCUT2D eigenvalue weighted by Gasteiger charge is 2.27. The quantitative estimate of drug-likeness (QED) is 0.893. The number of anilines is 1. The van der Waals surface area contributed by atoms with Crippen molar-refractivity contribution in [3.05, 3.63) is 36.0 Å². The standard InChI is InChI=1S/C17H19N3O3/c1-11-5-6-12-3-2-4-14(15(12)18-11)19-17(23)20-9-7-13(8-10-20)16(21)22/h2-6,13H,7-10H2,1H3,(H,19,23)(H,21,22). The number of carbonyl (C=O) groups is 2. The molecule has 2 amide bonds. The van der Waals surface area contributed by atoms with E-state index in [9.17, 15) is 9.59 Å². The number of aliphatic carboxylic acids is 1. The molecule has 1 aromatic heterocycles. The highest BCUT2D eigenvalue weighted by molar-refractivity contribution is 5.99. The molecule has 120 valence electrons. The molecule has 2 aromatic rings. The van der Waals surface area contributed by atoms with Crippen LogP contribution in [0, 0.1) is 12.8 Å². The number of pyridine rings is 1. The Morgan fingerprint density at radius 1 is 1.22 bits per heavy atom. The molecule has 0 spiro atoms. The Morgan fingerprint density at radius 3 is 2.65 bits per heavy atom. The molecule has 23 heavy (non-hydrogen) atoms. The van der Waals surface area contributed by atoms with Crippen LogP contribution in [-0.2, 0) is 4.79 Å². The number of carboxylic acids is 1. The number of aryl methyl sites for hydroxylation is 1. The number of fused-ring (bicyclic) bond motifs is 1. The van der Waals surface area contributed by atoms with Crippen LogP contribution in [0.3, 0.4) is 0 Å². The average Bonchev–Trinajstić information content (AvgIpc) is 2.55. The molecule has 6 heteroatoms. The minimum absolute atomic E-state index is 0.204. The summed E-state index contributed by atoms with van der Waals surface area (Å²) in [5.41, 5.74) is 2.33. The van der Waals surface area contributed by atoms with Gasteiger partial charge in [-0.05, 0) is 31.9 Å². The van der Waals surface area contributed by atoms with Crippen LogP contribution in [0.25, 0.3) is 10.9 Å². The van der Waals surface area contributed by atoms with Gasteiger partial charge in [-0.2, -0.15) is 0 Å². The zero-order valence-electron chi connectivity index (χ0n) is 13.0. The largest absolute Gasteiger partial charge is 0.481 e. The number of nitrogens with one attached hydrogen (secondary N) is 1. The van der Waals surface area contributed by atoms with E-state index in [4.69, 9.17) is 5.11 Å². The summed E-state index contributed by atoms with van der Waals surface area (Å²) in [6, 6.07) is 9.37. The summed E-state index contributed by atoms with van der Waals surface area (Å²) in [5.74, 6) is -1.13. The van der Waals surface area contributed by atoms with Crippen molar-refractivity contribution >= 4 is 28.6 Å². The monoisotopic (exact) mass is 313 g/mol. The van der Waals surface area contributed by atoms with Crippen LogP contribution in [0.4, 0.5) is 10.5 Å². The molecular formula is C17H19N3O3. The number of urea groups is 1. The van der Waals surface area contributed by atoms with Gasteiger partial charge in [0, 0.05) is 24.2 Å². The Bertz CT molecular complexity index is 752. The van der Waals surface area contributed by atoms with E-state index in [-0.39, 0.29) is 11.9 Å². The molecule has 0 saturated carbocycles. The summed E-state index contributed by atoms with van der Waals surface area (Å²) < 4.78 is 0. The van der Waals surface area contributed by atoms with Gasteiger partial charge in [0.2, 0.25) is 0 Å². The van der Waals surface area contributed by atoms with Crippen LogP contribution in [0.5, 0.6) is 0 Å². The van der Waals surface area contributed by atoms with Gasteiger partial charge < -0.3 is 15.3 Å². The van der Waals surface area contributed by atoms with Crippen molar-refractivity contribution in [3.8, 4) is 0 Å². The summed E-state index contributed by atoms with van der Waals surface area (Å²) in [6.45, 7) is 2.83. The Balaban J connectivity index is 1.74. The van der Waals surface area contributed by atoms with Crippen LogP contribution in [-0.4, -0.2) is 40.1 Å². The number of benzene rings is 1. The van der Waals surface area contributed by atoms with Gasteiger partial charge in [-0.15, -0.1) is 0 Å². The van der Waals surface area contributed by atoms with E-state index in [2.05, 4.69) is 10.3 Å². The zero-order chi connectivity index (χ0) is 16.4. The first-order valence-corrected chi connectivity index (χ1v) is 7.70. The molecular weight excluding hydrogens is 294 g/mol. The van der Waals surface area contributed by atoms with Crippen LogP contribution < -0.4 is 5.32 Å². The molecule has 1 fully saturated rings. The summed E-state index contributed by atoms with van der Waals surface area (Å²) in [4.78, 5) is 29.5. The van der Waals surface area contributed by atoms with Crippen LogP contribution >= 0.6 is 0 Å². The summed E-state index contributed by atoms with van der Waals surface area (Å²) >= 11 is 0. The van der Waals surface area contributed by atoms with Crippen LogP contribution in [0.1, 0.15) is 18.5 Å². The molecule has 0 radical (unpaired) electrons. The molecule has 1 aromatic carbocycles. The summed E-state index contributed by atoms with van der Waals surface area (Å²) in [6.07, 6.45) is 0.991. The number of carbonyl (C=O) groups excluding carboxylic acids is 1. The Hall–Kier alpha value is -2.63. The van der Waals surface area contributed by atoms with Gasteiger partial charge in [-0.25, -0.2) is 4.79 Å². The van der Waals surface area contributed by atoms with Gasteiger partial charge in [-0.3, -0.25) is 9.78 Å². The van der Waals surface area contributed by atoms with E-state index >= 15 is 0 Å². The van der Waals surface area contributed by atoms with Gasteiger partial charge >= 0.3 is 12.0 Å². The number of rotatable bonds is 2. The Morgan fingerprint density at radius 2 is 1.96 bits per heavy atom. The predicted octanol–water partition coefficient (Wildman–Crippen LogP) is 2.87. The van der Waals surface area contributed by atoms with Crippen molar-refractivity contribution in [2.75, 3.05) is 18.4 Å². The van der Waals surface area contributed by atoms with E-state index in [1.165, 1.54) is 0 Å². The predicted molar refractivity (Wildman–Crippen MR) is 87.4 cm³/mol. The Labute approximate surface area is 134 Å². The second kappa shape index (κ2) is 6.24. The molecule has 2 N–H and O–H groups in total. The molecule has 0 unspecified atom stereocenters. The molecule has 3 rings (SSSR count). The minimum atomic E-state index is -0.779. The van der Waals surface area contributed by atoms with Crippen molar-refractivity contribution in [1.82, 2.24) is 9.88 Å². The second-order valence-corrected chi connectivity index (χ2v) is 5.86. The number of amides is 2. The van der Waals surface area contributed by atoms with E-state index in [0.717, 1.165) is 16.6 Å². The molecule has 1 aliphatic rings. The smallest absolute Gasteiger partial charge is 0.321 e. The van der Waals surface area contributed by atoms with Crippen molar-refractivity contribution < 1.29 is 14.7 Å². The minimum Gasteiger partial charge on any atom is -0.481 e. The highest BCUT2D eigenvalue weighted by atomic mass is 16.4. The third-order valence-corrected chi connectivity index (χ3v) is 4.23. The van der Waals surface area contributed by atoms with Crippen molar-refractivity contribution in [1.29, 1.82) is 0 Å². The normalized spacial score (nSPS) is 15.6. The first kappa shape index (κ1) is 15.3. The van der Waals surface area contributed by atoms with Gasteiger partial charge in [0.05, 0.1) is 17.1 Å².